The SMILES string of the molecule is N#Cc1ccsc1C(=O)NCC1(O)CCSCC1. The van der Waals surface area contributed by atoms with E-state index in [2.05, 4.69) is 5.32 Å². The average molecular weight is 282 g/mol. The lowest BCUT2D eigenvalue weighted by molar-refractivity contribution is 0.0312. The summed E-state index contributed by atoms with van der Waals surface area (Å²) in [5.41, 5.74) is -0.394. The first kappa shape index (κ1) is 13.4. The molecule has 2 N–H and O–H groups in total. The number of carbonyl (C=O) groups excluding carboxylic acids is 1. The molecule has 0 atom stereocenters. The van der Waals surface area contributed by atoms with E-state index in [1.165, 1.54) is 11.3 Å². The Morgan fingerprint density at radius 3 is 2.94 bits per heavy atom. The molecule has 0 saturated carbocycles. The minimum Gasteiger partial charge on any atom is -0.388 e. The van der Waals surface area contributed by atoms with Gasteiger partial charge >= 0.3 is 0 Å². The molecule has 1 aliphatic rings. The highest BCUT2D eigenvalue weighted by Crippen LogP contribution is 2.26. The molecule has 1 fully saturated rings. The number of hydrogen-bond donors (Lipinski definition) is 2. The molecule has 0 spiro atoms. The van der Waals surface area contributed by atoms with Gasteiger partial charge in [0.05, 0.1) is 11.2 Å². The van der Waals surface area contributed by atoms with Crippen molar-refractivity contribution in [2.75, 3.05) is 18.1 Å². The number of thiophene rings is 1. The van der Waals surface area contributed by atoms with Crippen LogP contribution in [-0.2, 0) is 0 Å². The van der Waals surface area contributed by atoms with E-state index in [4.69, 9.17) is 5.26 Å². The molecular formula is C12H14N2O2S2. The molecule has 18 heavy (non-hydrogen) atoms. The Morgan fingerprint density at radius 1 is 1.56 bits per heavy atom. The minimum absolute atomic E-state index is 0.259. The molecule has 0 radical (unpaired) electrons. The molecule has 4 nitrogen and oxygen atoms in total. The van der Waals surface area contributed by atoms with Crippen LogP contribution in [-0.4, -0.2) is 34.7 Å². The van der Waals surface area contributed by atoms with E-state index in [1.807, 2.05) is 17.8 Å². The third kappa shape index (κ3) is 3.05. The zero-order valence-electron chi connectivity index (χ0n) is 9.81. The molecular weight excluding hydrogens is 268 g/mol. The van der Waals surface area contributed by atoms with E-state index in [-0.39, 0.29) is 12.5 Å². The van der Waals surface area contributed by atoms with Crippen LogP contribution in [0.15, 0.2) is 11.4 Å². The number of thioether (sulfide) groups is 1. The molecule has 2 rings (SSSR count). The molecule has 96 valence electrons. The van der Waals surface area contributed by atoms with Crippen LogP contribution < -0.4 is 5.32 Å². The number of carbonyl (C=O) groups is 1. The van der Waals surface area contributed by atoms with E-state index < -0.39 is 5.60 Å². The Balaban J connectivity index is 1.94. The summed E-state index contributed by atoms with van der Waals surface area (Å²) in [7, 11) is 0. The van der Waals surface area contributed by atoms with Gasteiger partial charge in [-0.2, -0.15) is 17.0 Å². The summed E-state index contributed by atoms with van der Waals surface area (Å²) in [5, 5.41) is 23.6. The maximum absolute atomic E-state index is 11.9. The van der Waals surface area contributed by atoms with E-state index in [1.54, 1.807) is 11.4 Å². The lowest BCUT2D eigenvalue weighted by atomic mass is 9.97. The smallest absolute Gasteiger partial charge is 0.262 e. The Kier molecular flexibility index (Phi) is 4.27. The van der Waals surface area contributed by atoms with Crippen LogP contribution in [0, 0.1) is 11.3 Å². The first-order chi connectivity index (χ1) is 8.64. The highest BCUT2D eigenvalue weighted by molar-refractivity contribution is 7.99. The van der Waals surface area contributed by atoms with Crippen LogP contribution in [0.3, 0.4) is 0 Å². The highest BCUT2D eigenvalue weighted by atomic mass is 32.2. The van der Waals surface area contributed by atoms with Gasteiger partial charge in [0.25, 0.3) is 5.91 Å². The third-order valence-electron chi connectivity index (χ3n) is 2.99. The molecule has 0 unspecified atom stereocenters. The number of rotatable bonds is 3. The molecule has 1 saturated heterocycles. The standard InChI is InChI=1S/C12H14N2O2S2/c13-7-9-1-4-18-10(9)11(15)14-8-12(16)2-5-17-6-3-12/h1,4,16H,2-3,5-6,8H2,(H,14,15). The molecule has 1 amide bonds. The number of nitriles is 1. The van der Waals surface area contributed by atoms with Crippen molar-refractivity contribution in [3.63, 3.8) is 0 Å². The van der Waals surface area contributed by atoms with Crippen molar-refractivity contribution in [1.82, 2.24) is 5.32 Å². The third-order valence-corrected chi connectivity index (χ3v) is 4.89. The van der Waals surface area contributed by atoms with Crippen molar-refractivity contribution in [3.05, 3.63) is 21.9 Å². The normalized spacial score (nSPS) is 18.0. The summed E-state index contributed by atoms with van der Waals surface area (Å²) in [5.74, 6) is 1.58. The first-order valence-corrected chi connectivity index (χ1v) is 7.74. The van der Waals surface area contributed by atoms with Gasteiger partial charge in [0.2, 0.25) is 0 Å². The Morgan fingerprint density at radius 2 is 2.28 bits per heavy atom. The lowest BCUT2D eigenvalue weighted by Crippen LogP contribution is -2.45. The van der Waals surface area contributed by atoms with Gasteiger partial charge in [-0.05, 0) is 35.8 Å². The Hall–Kier alpha value is -1.03. The van der Waals surface area contributed by atoms with Crippen LogP contribution in [0.1, 0.15) is 28.1 Å². The second-order valence-corrected chi connectivity index (χ2v) is 6.44. The summed E-state index contributed by atoms with van der Waals surface area (Å²) >= 11 is 3.07. The van der Waals surface area contributed by atoms with E-state index in [9.17, 15) is 9.90 Å². The number of aliphatic hydroxyl groups is 1. The summed E-state index contributed by atoms with van der Waals surface area (Å²) in [6, 6.07) is 3.62. The predicted molar refractivity (Wildman–Crippen MR) is 72.9 cm³/mol. The van der Waals surface area contributed by atoms with Crippen molar-refractivity contribution in [1.29, 1.82) is 5.26 Å². The monoisotopic (exact) mass is 282 g/mol. The summed E-state index contributed by atoms with van der Waals surface area (Å²) < 4.78 is 0. The van der Waals surface area contributed by atoms with Crippen molar-refractivity contribution >= 4 is 29.0 Å². The van der Waals surface area contributed by atoms with Gasteiger partial charge in [-0.1, -0.05) is 0 Å². The molecule has 2 heterocycles. The van der Waals surface area contributed by atoms with Crippen molar-refractivity contribution in [2.45, 2.75) is 18.4 Å². The number of nitrogens with one attached hydrogen (secondary N) is 1. The first-order valence-electron chi connectivity index (χ1n) is 5.70. The topological polar surface area (TPSA) is 73.1 Å². The molecule has 0 aromatic carbocycles. The quantitative estimate of drug-likeness (QED) is 0.883. The summed E-state index contributed by atoms with van der Waals surface area (Å²) in [4.78, 5) is 12.3. The molecule has 1 aliphatic heterocycles. The fourth-order valence-electron chi connectivity index (χ4n) is 1.83. The van der Waals surface area contributed by atoms with E-state index in [0.29, 0.717) is 23.3 Å². The zero-order chi connectivity index (χ0) is 13.0. The Labute approximate surface area is 114 Å². The van der Waals surface area contributed by atoms with Crippen LogP contribution in [0.5, 0.6) is 0 Å². The van der Waals surface area contributed by atoms with E-state index >= 15 is 0 Å². The highest BCUT2D eigenvalue weighted by Gasteiger charge is 2.30. The molecule has 1 aromatic rings. The number of amides is 1. The second kappa shape index (κ2) is 5.74. The second-order valence-electron chi connectivity index (χ2n) is 4.29. The fourth-order valence-corrected chi connectivity index (χ4v) is 3.84. The van der Waals surface area contributed by atoms with Crippen LogP contribution in [0.2, 0.25) is 0 Å². The van der Waals surface area contributed by atoms with Gasteiger partial charge in [0.1, 0.15) is 10.9 Å². The van der Waals surface area contributed by atoms with Gasteiger partial charge < -0.3 is 10.4 Å². The maximum Gasteiger partial charge on any atom is 0.262 e. The maximum atomic E-state index is 11.9. The summed E-state index contributed by atoms with van der Waals surface area (Å²) in [6.07, 6.45) is 1.40. The molecule has 6 heteroatoms. The van der Waals surface area contributed by atoms with Crippen LogP contribution in [0.4, 0.5) is 0 Å². The average Bonchev–Trinajstić information content (AvgIpc) is 2.85. The van der Waals surface area contributed by atoms with Gasteiger partial charge in [-0.3, -0.25) is 4.79 Å². The van der Waals surface area contributed by atoms with Crippen molar-refractivity contribution in [2.24, 2.45) is 0 Å². The largest absolute Gasteiger partial charge is 0.388 e. The predicted octanol–water partition coefficient (Wildman–Crippen LogP) is 1.61. The van der Waals surface area contributed by atoms with Gasteiger partial charge in [0.15, 0.2) is 0 Å². The van der Waals surface area contributed by atoms with Gasteiger partial charge in [0, 0.05) is 6.54 Å². The zero-order valence-corrected chi connectivity index (χ0v) is 11.4. The van der Waals surface area contributed by atoms with E-state index in [0.717, 1.165) is 11.5 Å². The van der Waals surface area contributed by atoms with Gasteiger partial charge in [-0.15, -0.1) is 11.3 Å². The Bertz CT molecular complexity index is 473. The van der Waals surface area contributed by atoms with Crippen molar-refractivity contribution in [3.8, 4) is 6.07 Å². The minimum atomic E-state index is -0.787. The number of hydrogen-bond acceptors (Lipinski definition) is 5. The van der Waals surface area contributed by atoms with Crippen LogP contribution in [0.25, 0.3) is 0 Å². The lowest BCUT2D eigenvalue weighted by Gasteiger charge is -2.31. The molecule has 0 aliphatic carbocycles. The number of nitrogens with zero attached hydrogens (tertiary/aromatic N) is 1. The molecule has 0 bridgehead atoms. The molecule has 1 aromatic heterocycles. The van der Waals surface area contributed by atoms with Crippen molar-refractivity contribution < 1.29 is 9.90 Å². The van der Waals surface area contributed by atoms with Crippen LogP contribution >= 0.6 is 23.1 Å². The fraction of sp³-hybridized carbons (Fsp3) is 0.500. The summed E-state index contributed by atoms with van der Waals surface area (Å²) in [6.45, 7) is 0.259. The van der Waals surface area contributed by atoms with Gasteiger partial charge in [-0.25, -0.2) is 0 Å².